The van der Waals surface area contributed by atoms with Gasteiger partial charge in [0.05, 0.1) is 13.2 Å². The fourth-order valence-electron chi connectivity index (χ4n) is 3.39. The molecule has 132 valence electrons. The maximum atomic E-state index is 13.1. The van der Waals surface area contributed by atoms with Crippen LogP contribution in [0, 0.1) is 0 Å². The number of fused-ring (bicyclic) bond motifs is 2. The van der Waals surface area contributed by atoms with Gasteiger partial charge in [0.15, 0.2) is 11.3 Å². The number of ketones is 1. The van der Waals surface area contributed by atoms with Crippen molar-refractivity contribution in [3.05, 3.63) is 64.7 Å². The van der Waals surface area contributed by atoms with Crippen LogP contribution in [0.5, 0.6) is 5.75 Å². The van der Waals surface area contributed by atoms with Crippen LogP contribution in [0.2, 0.25) is 5.02 Å². The van der Waals surface area contributed by atoms with Crippen LogP contribution >= 0.6 is 11.6 Å². The van der Waals surface area contributed by atoms with E-state index in [0.29, 0.717) is 34.9 Å². The third-order valence-corrected chi connectivity index (χ3v) is 4.98. The number of hydrogen-bond donors (Lipinski definition) is 1. The van der Waals surface area contributed by atoms with Crippen LogP contribution in [-0.2, 0) is 10.3 Å². The smallest absolute Gasteiger partial charge is 0.325 e. The minimum Gasteiger partial charge on any atom is -0.493 e. The number of hydrogen-bond acceptors (Lipinski definition) is 4. The van der Waals surface area contributed by atoms with Gasteiger partial charge in [-0.15, -0.1) is 0 Å². The number of amides is 3. The van der Waals surface area contributed by atoms with E-state index in [-0.39, 0.29) is 12.3 Å². The van der Waals surface area contributed by atoms with Crippen molar-refractivity contribution in [3.8, 4) is 5.75 Å². The van der Waals surface area contributed by atoms with E-state index in [4.69, 9.17) is 16.3 Å². The van der Waals surface area contributed by atoms with E-state index in [0.717, 1.165) is 4.90 Å². The second-order valence-electron chi connectivity index (χ2n) is 6.25. The number of carbonyl (C=O) groups excluding carboxylic acids is 3. The third kappa shape index (κ3) is 2.54. The Labute approximate surface area is 154 Å². The molecule has 3 amide bonds. The Kier molecular flexibility index (Phi) is 3.92. The monoisotopic (exact) mass is 370 g/mol. The fourth-order valence-corrected chi connectivity index (χ4v) is 3.51. The van der Waals surface area contributed by atoms with E-state index in [1.165, 1.54) is 0 Å². The van der Waals surface area contributed by atoms with Crippen LogP contribution in [0.25, 0.3) is 0 Å². The summed E-state index contributed by atoms with van der Waals surface area (Å²) in [5.41, 5.74) is -0.166. The zero-order valence-corrected chi connectivity index (χ0v) is 14.5. The van der Waals surface area contributed by atoms with Gasteiger partial charge in [-0.05, 0) is 30.3 Å². The predicted octanol–water partition coefficient (Wildman–Crippen LogP) is 2.75. The van der Waals surface area contributed by atoms with Gasteiger partial charge in [-0.3, -0.25) is 14.5 Å². The summed E-state index contributed by atoms with van der Waals surface area (Å²) in [6.07, 6.45) is 0.320. The Bertz CT molecular complexity index is 912. The van der Waals surface area contributed by atoms with Crippen molar-refractivity contribution in [2.24, 2.45) is 0 Å². The Balaban J connectivity index is 1.63. The molecule has 1 unspecified atom stereocenters. The highest BCUT2D eigenvalue weighted by Gasteiger charge is 2.55. The largest absolute Gasteiger partial charge is 0.493 e. The standard InChI is InChI=1S/C19H15ClN2O4/c20-13-7-5-12(6-8-13)15(23)11-22-17(24)19(21-18(22)25)9-10-26-16-4-2-1-3-14(16)19/h1-8H,9-11H2,(H,21,25). The summed E-state index contributed by atoms with van der Waals surface area (Å²) in [5, 5.41) is 3.28. The second-order valence-corrected chi connectivity index (χ2v) is 6.69. The van der Waals surface area contributed by atoms with Crippen molar-refractivity contribution in [2.75, 3.05) is 13.2 Å². The average molecular weight is 371 g/mol. The molecule has 1 fully saturated rings. The van der Waals surface area contributed by atoms with Gasteiger partial charge >= 0.3 is 6.03 Å². The number of para-hydroxylation sites is 1. The summed E-state index contributed by atoms with van der Waals surface area (Å²) in [4.78, 5) is 39.0. The lowest BCUT2D eigenvalue weighted by Crippen LogP contribution is -2.47. The first-order valence-corrected chi connectivity index (χ1v) is 8.54. The van der Waals surface area contributed by atoms with Crippen LogP contribution in [0.1, 0.15) is 22.3 Å². The maximum absolute atomic E-state index is 13.1. The summed E-state index contributed by atoms with van der Waals surface area (Å²) in [7, 11) is 0. The van der Waals surface area contributed by atoms with Gasteiger partial charge in [-0.25, -0.2) is 4.79 Å². The molecule has 0 aromatic heterocycles. The summed E-state index contributed by atoms with van der Waals surface area (Å²) < 4.78 is 5.59. The first-order chi connectivity index (χ1) is 12.5. The molecule has 2 heterocycles. The highest BCUT2D eigenvalue weighted by Crippen LogP contribution is 2.40. The Morgan fingerprint density at radius 2 is 1.88 bits per heavy atom. The summed E-state index contributed by atoms with van der Waals surface area (Å²) >= 11 is 5.83. The molecule has 0 aliphatic carbocycles. The molecule has 0 bridgehead atoms. The number of nitrogens with zero attached hydrogens (tertiary/aromatic N) is 1. The third-order valence-electron chi connectivity index (χ3n) is 4.73. The van der Waals surface area contributed by atoms with Gasteiger partial charge < -0.3 is 10.1 Å². The highest BCUT2D eigenvalue weighted by atomic mass is 35.5. The molecule has 7 heteroatoms. The molecular weight excluding hydrogens is 356 g/mol. The van der Waals surface area contributed by atoms with Crippen molar-refractivity contribution in [1.29, 1.82) is 0 Å². The highest BCUT2D eigenvalue weighted by molar-refractivity contribution is 6.30. The Hall–Kier alpha value is -2.86. The molecule has 26 heavy (non-hydrogen) atoms. The molecule has 1 saturated heterocycles. The number of urea groups is 1. The molecule has 2 aliphatic heterocycles. The molecule has 6 nitrogen and oxygen atoms in total. The lowest BCUT2D eigenvalue weighted by Gasteiger charge is -2.33. The normalized spacial score (nSPS) is 21.3. The summed E-state index contributed by atoms with van der Waals surface area (Å²) in [5.74, 6) is -0.193. The molecule has 1 N–H and O–H groups in total. The van der Waals surface area contributed by atoms with Gasteiger partial charge in [0.25, 0.3) is 5.91 Å². The van der Waals surface area contributed by atoms with Crippen molar-refractivity contribution in [2.45, 2.75) is 12.0 Å². The number of imide groups is 1. The topological polar surface area (TPSA) is 75.7 Å². The van der Waals surface area contributed by atoms with E-state index in [1.54, 1.807) is 48.5 Å². The number of benzene rings is 2. The Morgan fingerprint density at radius 1 is 1.15 bits per heavy atom. The van der Waals surface area contributed by atoms with Crippen molar-refractivity contribution in [1.82, 2.24) is 10.2 Å². The number of nitrogens with one attached hydrogen (secondary N) is 1. The predicted molar refractivity (Wildman–Crippen MR) is 94.3 cm³/mol. The lowest BCUT2D eigenvalue weighted by molar-refractivity contribution is -0.132. The zero-order valence-electron chi connectivity index (χ0n) is 13.7. The van der Waals surface area contributed by atoms with Gasteiger partial charge in [0.2, 0.25) is 0 Å². The summed E-state index contributed by atoms with van der Waals surface area (Å²) in [6, 6.07) is 12.9. The average Bonchev–Trinajstić information content (AvgIpc) is 2.87. The minimum absolute atomic E-state index is 0.308. The molecule has 2 aliphatic rings. The second kappa shape index (κ2) is 6.14. The first kappa shape index (κ1) is 16.6. The molecule has 2 aromatic rings. The van der Waals surface area contributed by atoms with Crippen molar-refractivity contribution >= 4 is 29.3 Å². The maximum Gasteiger partial charge on any atom is 0.325 e. The molecule has 0 saturated carbocycles. The van der Waals surface area contributed by atoms with Crippen LogP contribution in [0.15, 0.2) is 48.5 Å². The van der Waals surface area contributed by atoms with Gasteiger partial charge in [-0.1, -0.05) is 29.8 Å². The lowest BCUT2D eigenvalue weighted by atomic mass is 9.84. The SMILES string of the molecule is O=C(CN1C(=O)NC2(CCOc3ccccc32)C1=O)c1ccc(Cl)cc1. The molecule has 0 radical (unpaired) electrons. The molecule has 1 spiro atoms. The molecular formula is C19H15ClN2O4. The van der Waals surface area contributed by atoms with Crippen molar-refractivity contribution < 1.29 is 19.1 Å². The van der Waals surface area contributed by atoms with Crippen LogP contribution in [0.4, 0.5) is 4.79 Å². The van der Waals surface area contributed by atoms with Gasteiger partial charge in [0.1, 0.15) is 5.75 Å². The number of Topliss-reactive ketones (excluding diaryl/α,β-unsaturated/α-hetero) is 1. The van der Waals surface area contributed by atoms with Crippen LogP contribution < -0.4 is 10.1 Å². The number of ether oxygens (including phenoxy) is 1. The fraction of sp³-hybridized carbons (Fsp3) is 0.211. The minimum atomic E-state index is -1.17. The quantitative estimate of drug-likeness (QED) is 0.666. The number of carbonyl (C=O) groups is 3. The first-order valence-electron chi connectivity index (χ1n) is 8.16. The zero-order chi connectivity index (χ0) is 18.3. The molecule has 1 atom stereocenters. The molecule has 4 rings (SSSR count). The van der Waals surface area contributed by atoms with Gasteiger partial charge in [-0.2, -0.15) is 0 Å². The van der Waals surface area contributed by atoms with E-state index in [1.807, 2.05) is 0 Å². The summed E-state index contributed by atoms with van der Waals surface area (Å²) in [6.45, 7) is -0.0148. The van der Waals surface area contributed by atoms with E-state index >= 15 is 0 Å². The number of halogens is 1. The van der Waals surface area contributed by atoms with Crippen LogP contribution in [0.3, 0.4) is 0 Å². The Morgan fingerprint density at radius 3 is 2.65 bits per heavy atom. The van der Waals surface area contributed by atoms with Crippen LogP contribution in [-0.4, -0.2) is 35.8 Å². The molecule has 2 aromatic carbocycles. The van der Waals surface area contributed by atoms with E-state index < -0.39 is 17.5 Å². The van der Waals surface area contributed by atoms with E-state index in [2.05, 4.69) is 5.32 Å². The van der Waals surface area contributed by atoms with Gasteiger partial charge in [0, 0.05) is 22.6 Å². The van der Waals surface area contributed by atoms with E-state index in [9.17, 15) is 14.4 Å². The van der Waals surface area contributed by atoms with Crippen molar-refractivity contribution in [3.63, 3.8) is 0 Å². The number of rotatable bonds is 3.